The first kappa shape index (κ1) is 18.8. The second-order valence-electron chi connectivity index (χ2n) is 7.04. The van der Waals surface area contributed by atoms with Crippen LogP contribution < -0.4 is 0 Å². The van der Waals surface area contributed by atoms with Crippen LogP contribution >= 0.6 is 0 Å². The van der Waals surface area contributed by atoms with Crippen molar-refractivity contribution in [2.24, 2.45) is 7.05 Å². The maximum Gasteiger partial charge on any atom is 0.274 e. The normalized spacial score (nSPS) is 11.2. The number of benzene rings is 1. The minimum absolute atomic E-state index is 0.0229. The predicted octanol–water partition coefficient (Wildman–Crippen LogP) is 3.41. The summed E-state index contributed by atoms with van der Waals surface area (Å²) >= 11 is 0. The quantitative estimate of drug-likeness (QED) is 0.692. The van der Waals surface area contributed by atoms with Crippen molar-refractivity contribution >= 4 is 5.91 Å². The molecule has 0 N–H and O–H groups in total. The van der Waals surface area contributed by atoms with E-state index in [1.807, 2.05) is 34.7 Å². The van der Waals surface area contributed by atoms with Crippen molar-refractivity contribution in [2.45, 2.75) is 40.3 Å². The zero-order valence-electron chi connectivity index (χ0n) is 16.3. The third-order valence-electron chi connectivity index (χ3n) is 4.43. The Balaban J connectivity index is 1.92. The number of aromatic nitrogens is 4. The molecule has 1 amide bonds. The van der Waals surface area contributed by atoms with Gasteiger partial charge in [0.25, 0.3) is 5.91 Å². The summed E-state index contributed by atoms with van der Waals surface area (Å²) in [4.78, 5) is 23.1. The van der Waals surface area contributed by atoms with Gasteiger partial charge < -0.3 is 14.0 Å². The highest BCUT2D eigenvalue weighted by molar-refractivity contribution is 5.92. The molecule has 3 rings (SSSR count). The highest BCUT2D eigenvalue weighted by Gasteiger charge is 2.21. The molecule has 0 aliphatic rings. The van der Waals surface area contributed by atoms with Crippen molar-refractivity contribution in [3.63, 3.8) is 0 Å². The van der Waals surface area contributed by atoms with Gasteiger partial charge in [0, 0.05) is 32.0 Å². The van der Waals surface area contributed by atoms with Crippen molar-refractivity contribution in [1.29, 1.82) is 0 Å². The largest absolute Gasteiger partial charge is 0.340 e. The van der Waals surface area contributed by atoms with Crippen LogP contribution in [0, 0.1) is 19.7 Å². The zero-order valence-corrected chi connectivity index (χ0v) is 16.3. The number of hydrogen-bond acceptors (Lipinski definition) is 3. The van der Waals surface area contributed by atoms with E-state index in [2.05, 4.69) is 9.97 Å². The Hall–Kier alpha value is -2.96. The molecule has 3 aromatic rings. The molecule has 2 aromatic heterocycles. The fourth-order valence-electron chi connectivity index (χ4n) is 3.06. The van der Waals surface area contributed by atoms with Crippen LogP contribution in [0.3, 0.4) is 0 Å². The molecule has 0 saturated heterocycles. The van der Waals surface area contributed by atoms with Gasteiger partial charge in [-0.15, -0.1) is 0 Å². The lowest BCUT2D eigenvalue weighted by Crippen LogP contribution is -2.36. The van der Waals surface area contributed by atoms with E-state index >= 15 is 0 Å². The molecule has 27 heavy (non-hydrogen) atoms. The highest BCUT2D eigenvalue weighted by Crippen LogP contribution is 2.20. The van der Waals surface area contributed by atoms with E-state index in [-0.39, 0.29) is 17.8 Å². The molecule has 2 heterocycles. The predicted molar refractivity (Wildman–Crippen MR) is 101 cm³/mol. The van der Waals surface area contributed by atoms with Gasteiger partial charge in [0.15, 0.2) is 0 Å². The lowest BCUT2D eigenvalue weighted by molar-refractivity contribution is 0.0684. The molecule has 0 spiro atoms. The Labute approximate surface area is 158 Å². The molecule has 0 unspecified atom stereocenters. The van der Waals surface area contributed by atoms with Crippen LogP contribution in [-0.2, 0) is 13.6 Å². The lowest BCUT2D eigenvalue weighted by Gasteiger charge is -2.26. The molecule has 0 aliphatic heterocycles. The van der Waals surface area contributed by atoms with Crippen molar-refractivity contribution < 1.29 is 9.18 Å². The minimum atomic E-state index is -0.327. The first-order chi connectivity index (χ1) is 12.8. The van der Waals surface area contributed by atoms with E-state index in [0.717, 1.165) is 11.3 Å². The summed E-state index contributed by atoms with van der Waals surface area (Å²) in [7, 11) is 1.82. The number of halogens is 1. The van der Waals surface area contributed by atoms with E-state index in [4.69, 9.17) is 0 Å². The average Bonchev–Trinajstić information content (AvgIpc) is 3.18. The van der Waals surface area contributed by atoms with Crippen LogP contribution in [0.25, 0.3) is 5.69 Å². The Morgan fingerprint density at radius 2 is 2.00 bits per heavy atom. The number of amides is 1. The summed E-state index contributed by atoms with van der Waals surface area (Å²) in [5.41, 5.74) is 2.50. The van der Waals surface area contributed by atoms with Gasteiger partial charge >= 0.3 is 0 Å². The van der Waals surface area contributed by atoms with Gasteiger partial charge in [-0.3, -0.25) is 4.79 Å². The molecule has 0 bridgehead atoms. The molecule has 0 atom stereocenters. The van der Waals surface area contributed by atoms with E-state index in [9.17, 15) is 9.18 Å². The second-order valence-corrected chi connectivity index (χ2v) is 7.04. The van der Waals surface area contributed by atoms with E-state index < -0.39 is 0 Å². The number of aryl methyl sites for hydroxylation is 3. The van der Waals surface area contributed by atoms with Gasteiger partial charge in [-0.2, -0.15) is 0 Å². The van der Waals surface area contributed by atoms with Crippen LogP contribution in [0.2, 0.25) is 0 Å². The third kappa shape index (κ3) is 3.92. The molecule has 0 aliphatic carbocycles. The maximum absolute atomic E-state index is 14.4. The highest BCUT2D eigenvalue weighted by atomic mass is 19.1. The zero-order chi connectivity index (χ0) is 19.7. The van der Waals surface area contributed by atoms with Crippen LogP contribution in [0.15, 0.2) is 36.9 Å². The number of rotatable bonds is 5. The van der Waals surface area contributed by atoms with Crippen molar-refractivity contribution in [1.82, 2.24) is 24.0 Å². The summed E-state index contributed by atoms with van der Waals surface area (Å²) in [5, 5.41) is 0. The first-order valence-corrected chi connectivity index (χ1v) is 8.86. The van der Waals surface area contributed by atoms with Crippen LogP contribution in [-0.4, -0.2) is 36.0 Å². The van der Waals surface area contributed by atoms with E-state index in [1.165, 1.54) is 6.07 Å². The summed E-state index contributed by atoms with van der Waals surface area (Å²) in [6.07, 6.45) is 5.11. The molecule has 6 nitrogen and oxygen atoms in total. The fourth-order valence-corrected chi connectivity index (χ4v) is 3.06. The standard InChI is InChI=1S/C20H24FN5O/c1-13(2)25(20(27)18-11-24(5)12-22-18)10-16-6-7-17(21)19(8-16)26-9-14(3)23-15(26)4/h6-9,11-13H,10H2,1-5H3. The number of carbonyl (C=O) groups is 1. The van der Waals surface area contributed by atoms with Gasteiger partial charge in [0.1, 0.15) is 17.3 Å². The van der Waals surface area contributed by atoms with Crippen molar-refractivity contribution in [3.05, 3.63) is 65.5 Å². The third-order valence-corrected chi connectivity index (χ3v) is 4.43. The second kappa shape index (κ2) is 7.34. The van der Waals surface area contributed by atoms with Gasteiger partial charge in [0.05, 0.1) is 17.7 Å². The first-order valence-electron chi connectivity index (χ1n) is 8.86. The number of imidazole rings is 2. The van der Waals surface area contributed by atoms with Gasteiger partial charge in [-0.1, -0.05) is 6.07 Å². The topological polar surface area (TPSA) is 56.0 Å². The Bertz CT molecular complexity index is 973. The molecule has 0 saturated carbocycles. The Morgan fingerprint density at radius 3 is 2.56 bits per heavy atom. The molecule has 1 aromatic carbocycles. The Kier molecular flexibility index (Phi) is 5.12. The Morgan fingerprint density at radius 1 is 1.26 bits per heavy atom. The summed E-state index contributed by atoms with van der Waals surface area (Å²) in [6.45, 7) is 7.98. The summed E-state index contributed by atoms with van der Waals surface area (Å²) in [5.74, 6) is 0.242. The number of nitrogens with zero attached hydrogens (tertiary/aromatic N) is 5. The average molecular weight is 369 g/mol. The van der Waals surface area contributed by atoms with Gasteiger partial charge in [-0.05, 0) is 45.4 Å². The minimum Gasteiger partial charge on any atom is -0.340 e. The van der Waals surface area contributed by atoms with Gasteiger partial charge in [0.2, 0.25) is 0 Å². The van der Waals surface area contributed by atoms with Crippen LogP contribution in [0.1, 0.15) is 41.4 Å². The van der Waals surface area contributed by atoms with E-state index in [0.29, 0.717) is 23.8 Å². The number of hydrogen-bond donors (Lipinski definition) is 0. The van der Waals surface area contributed by atoms with Crippen LogP contribution in [0.5, 0.6) is 0 Å². The molecular formula is C20H24FN5O. The van der Waals surface area contributed by atoms with Gasteiger partial charge in [-0.25, -0.2) is 14.4 Å². The molecule has 7 heteroatoms. The smallest absolute Gasteiger partial charge is 0.274 e. The SMILES string of the molecule is Cc1cn(-c2cc(CN(C(=O)c3cn(C)cn3)C(C)C)ccc2F)c(C)n1. The molecular weight excluding hydrogens is 345 g/mol. The summed E-state index contributed by atoms with van der Waals surface area (Å²) < 4.78 is 17.9. The van der Waals surface area contributed by atoms with Crippen LogP contribution in [0.4, 0.5) is 4.39 Å². The molecule has 0 fully saturated rings. The molecule has 0 radical (unpaired) electrons. The fraction of sp³-hybridized carbons (Fsp3) is 0.350. The van der Waals surface area contributed by atoms with Crippen molar-refractivity contribution in [2.75, 3.05) is 0 Å². The number of carbonyl (C=O) groups excluding carboxylic acids is 1. The lowest BCUT2D eigenvalue weighted by atomic mass is 10.1. The maximum atomic E-state index is 14.4. The van der Waals surface area contributed by atoms with E-state index in [1.54, 1.807) is 44.9 Å². The van der Waals surface area contributed by atoms with Crippen molar-refractivity contribution in [3.8, 4) is 5.69 Å². The molecule has 142 valence electrons. The summed E-state index contributed by atoms with van der Waals surface area (Å²) in [6, 6.07) is 4.89. The monoisotopic (exact) mass is 369 g/mol.